The minimum absolute atomic E-state index is 0.0873. The number of hydrogen-bond donors (Lipinski definition) is 0. The molecule has 3 nitrogen and oxygen atoms in total. The highest BCUT2D eigenvalue weighted by molar-refractivity contribution is 6.30. The van der Waals surface area contributed by atoms with E-state index in [0.717, 1.165) is 12.0 Å². The van der Waals surface area contributed by atoms with Gasteiger partial charge in [-0.05, 0) is 30.2 Å². The molecule has 1 aromatic carbocycles. The van der Waals surface area contributed by atoms with Crippen LogP contribution in [0.5, 0.6) is 0 Å². The van der Waals surface area contributed by atoms with Crippen LogP contribution in [0.2, 0.25) is 5.02 Å². The molecular formula is C13H12ClNO2. The van der Waals surface area contributed by atoms with Gasteiger partial charge in [0.2, 0.25) is 5.91 Å². The number of benzene rings is 1. The Morgan fingerprint density at radius 3 is 2.59 bits per heavy atom. The predicted octanol–water partition coefficient (Wildman–Crippen LogP) is 2.50. The van der Waals surface area contributed by atoms with E-state index in [1.54, 1.807) is 18.2 Å². The number of carbonyl (C=O) groups is 2. The van der Waals surface area contributed by atoms with Gasteiger partial charge in [0.05, 0.1) is 0 Å². The predicted molar refractivity (Wildman–Crippen MR) is 66.4 cm³/mol. The molecule has 4 heteroatoms. The zero-order chi connectivity index (χ0) is 12.3. The molecule has 2 rings (SSSR count). The Morgan fingerprint density at radius 1 is 1.29 bits per heavy atom. The van der Waals surface area contributed by atoms with Gasteiger partial charge in [0.25, 0.3) is 5.91 Å². The highest BCUT2D eigenvalue weighted by Crippen LogP contribution is 2.13. The highest BCUT2D eigenvalue weighted by atomic mass is 35.5. The van der Waals surface area contributed by atoms with Crippen molar-refractivity contribution in [2.75, 3.05) is 6.54 Å². The monoisotopic (exact) mass is 249 g/mol. The summed E-state index contributed by atoms with van der Waals surface area (Å²) in [6, 6.07) is 7.15. The molecule has 0 bridgehead atoms. The Hall–Kier alpha value is -1.61. The van der Waals surface area contributed by atoms with Crippen LogP contribution in [-0.2, 0) is 9.59 Å². The molecule has 0 radical (unpaired) electrons. The number of halogens is 1. The minimum atomic E-state index is -0.248. The molecule has 0 unspecified atom stereocenters. The molecule has 1 heterocycles. The Balaban J connectivity index is 2.03. The van der Waals surface area contributed by atoms with Crippen LogP contribution in [-0.4, -0.2) is 23.3 Å². The maximum atomic E-state index is 11.7. The second-order valence-electron chi connectivity index (χ2n) is 3.87. The van der Waals surface area contributed by atoms with Crippen molar-refractivity contribution in [1.29, 1.82) is 0 Å². The smallest absolute Gasteiger partial charge is 0.253 e. The van der Waals surface area contributed by atoms with E-state index in [4.69, 9.17) is 11.6 Å². The van der Waals surface area contributed by atoms with Gasteiger partial charge >= 0.3 is 0 Å². The van der Waals surface area contributed by atoms with Crippen molar-refractivity contribution in [1.82, 2.24) is 4.90 Å². The van der Waals surface area contributed by atoms with E-state index in [2.05, 4.69) is 0 Å². The Kier molecular flexibility index (Phi) is 3.59. The lowest BCUT2D eigenvalue weighted by atomic mass is 10.2. The van der Waals surface area contributed by atoms with Crippen LogP contribution in [0.15, 0.2) is 30.3 Å². The van der Waals surface area contributed by atoms with Gasteiger partial charge in [0.1, 0.15) is 0 Å². The summed E-state index contributed by atoms with van der Waals surface area (Å²) in [7, 11) is 0. The summed E-state index contributed by atoms with van der Waals surface area (Å²) >= 11 is 5.75. The maximum absolute atomic E-state index is 11.7. The van der Waals surface area contributed by atoms with E-state index >= 15 is 0 Å². The average molecular weight is 250 g/mol. The zero-order valence-corrected chi connectivity index (χ0v) is 9.98. The van der Waals surface area contributed by atoms with Gasteiger partial charge in [-0.2, -0.15) is 0 Å². The summed E-state index contributed by atoms with van der Waals surface area (Å²) in [4.78, 5) is 24.3. The molecule has 1 aliphatic rings. The summed E-state index contributed by atoms with van der Waals surface area (Å²) in [5.41, 5.74) is 0.884. The normalized spacial score (nSPS) is 15.8. The molecule has 1 aromatic rings. The van der Waals surface area contributed by atoms with Crippen molar-refractivity contribution in [2.24, 2.45) is 0 Å². The second-order valence-corrected chi connectivity index (χ2v) is 4.31. The lowest BCUT2D eigenvalue weighted by Crippen LogP contribution is -2.30. The van der Waals surface area contributed by atoms with Gasteiger partial charge in [0.15, 0.2) is 0 Å². The Morgan fingerprint density at radius 2 is 2.00 bits per heavy atom. The molecule has 2 amide bonds. The fourth-order valence-corrected chi connectivity index (χ4v) is 1.84. The first-order chi connectivity index (χ1) is 8.16. The summed E-state index contributed by atoms with van der Waals surface area (Å²) in [6.07, 6.45) is 4.34. The summed E-state index contributed by atoms with van der Waals surface area (Å²) in [5.74, 6) is -0.335. The minimum Gasteiger partial charge on any atom is -0.279 e. The van der Waals surface area contributed by atoms with Crippen LogP contribution < -0.4 is 0 Å². The van der Waals surface area contributed by atoms with Crippen molar-refractivity contribution in [3.8, 4) is 0 Å². The van der Waals surface area contributed by atoms with E-state index in [9.17, 15) is 9.59 Å². The number of nitrogens with zero attached hydrogens (tertiary/aromatic N) is 1. The van der Waals surface area contributed by atoms with Gasteiger partial charge in [-0.15, -0.1) is 0 Å². The first kappa shape index (κ1) is 11.9. The first-order valence-electron chi connectivity index (χ1n) is 5.45. The Labute approximate surface area is 105 Å². The van der Waals surface area contributed by atoms with Crippen LogP contribution in [0.1, 0.15) is 18.4 Å². The molecule has 1 aliphatic heterocycles. The summed E-state index contributed by atoms with van der Waals surface area (Å²) in [6.45, 7) is 0.530. The van der Waals surface area contributed by atoms with E-state index in [-0.39, 0.29) is 11.8 Å². The molecule has 0 aromatic heterocycles. The molecule has 0 spiro atoms. The fraction of sp³-hybridized carbons (Fsp3) is 0.231. The van der Waals surface area contributed by atoms with Crippen molar-refractivity contribution in [3.05, 3.63) is 40.9 Å². The van der Waals surface area contributed by atoms with Gasteiger partial charge in [-0.1, -0.05) is 23.7 Å². The van der Waals surface area contributed by atoms with E-state index < -0.39 is 0 Å². The number of hydrogen-bond acceptors (Lipinski definition) is 2. The van der Waals surface area contributed by atoms with Crippen LogP contribution in [0.4, 0.5) is 0 Å². The topological polar surface area (TPSA) is 37.4 Å². The molecular weight excluding hydrogens is 238 g/mol. The molecule has 17 heavy (non-hydrogen) atoms. The third-order valence-electron chi connectivity index (χ3n) is 2.63. The first-order valence-corrected chi connectivity index (χ1v) is 5.82. The van der Waals surface area contributed by atoms with Gasteiger partial charge in [-0.3, -0.25) is 14.5 Å². The lowest BCUT2D eigenvalue weighted by Gasteiger charge is -2.09. The van der Waals surface area contributed by atoms with Crippen molar-refractivity contribution >= 4 is 29.5 Å². The molecule has 0 atom stereocenters. The fourth-order valence-electron chi connectivity index (χ4n) is 1.71. The van der Waals surface area contributed by atoms with Crippen LogP contribution in [0, 0.1) is 0 Å². The third-order valence-corrected chi connectivity index (χ3v) is 2.88. The van der Waals surface area contributed by atoms with Crippen LogP contribution >= 0.6 is 11.6 Å². The van der Waals surface area contributed by atoms with Gasteiger partial charge in [-0.25, -0.2) is 0 Å². The van der Waals surface area contributed by atoms with Crippen molar-refractivity contribution in [3.63, 3.8) is 0 Å². The largest absolute Gasteiger partial charge is 0.279 e. The van der Waals surface area contributed by atoms with Gasteiger partial charge < -0.3 is 0 Å². The average Bonchev–Trinajstić information content (AvgIpc) is 2.74. The van der Waals surface area contributed by atoms with Crippen LogP contribution in [0.25, 0.3) is 6.08 Å². The number of amides is 2. The standard InChI is InChI=1S/C13H12ClNO2/c14-11-6-3-10(4-7-11)5-8-13(17)15-9-1-2-12(15)16/h3-8H,1-2,9H2. The quantitative estimate of drug-likeness (QED) is 0.756. The number of carbonyl (C=O) groups excluding carboxylic acids is 2. The number of rotatable bonds is 2. The zero-order valence-electron chi connectivity index (χ0n) is 9.23. The molecule has 0 aliphatic carbocycles. The molecule has 1 fully saturated rings. The molecule has 1 saturated heterocycles. The molecule has 0 N–H and O–H groups in total. The molecule has 88 valence electrons. The Bertz CT molecular complexity index is 465. The van der Waals surface area contributed by atoms with E-state index in [1.807, 2.05) is 12.1 Å². The third kappa shape index (κ3) is 2.94. The lowest BCUT2D eigenvalue weighted by molar-refractivity contribution is -0.138. The van der Waals surface area contributed by atoms with Crippen molar-refractivity contribution < 1.29 is 9.59 Å². The second kappa shape index (κ2) is 5.15. The number of likely N-dealkylation sites (tertiary alicyclic amines) is 1. The van der Waals surface area contributed by atoms with E-state index in [0.29, 0.717) is 18.0 Å². The van der Waals surface area contributed by atoms with Crippen molar-refractivity contribution in [2.45, 2.75) is 12.8 Å². The summed E-state index contributed by atoms with van der Waals surface area (Å²) < 4.78 is 0. The van der Waals surface area contributed by atoms with Crippen LogP contribution in [0.3, 0.4) is 0 Å². The number of imide groups is 1. The maximum Gasteiger partial charge on any atom is 0.253 e. The highest BCUT2D eigenvalue weighted by Gasteiger charge is 2.24. The van der Waals surface area contributed by atoms with Gasteiger partial charge in [0, 0.05) is 24.1 Å². The summed E-state index contributed by atoms with van der Waals surface area (Å²) in [5, 5.41) is 0.656. The SMILES string of the molecule is O=C(C=Cc1ccc(Cl)cc1)N1CCCC1=O. The van der Waals surface area contributed by atoms with E-state index in [1.165, 1.54) is 11.0 Å². The molecule has 0 saturated carbocycles.